The maximum Gasteiger partial charge on any atom is 0.342 e. The molecule has 0 saturated carbocycles. The predicted molar refractivity (Wildman–Crippen MR) is 106 cm³/mol. The molecule has 142 valence electrons. The van der Waals surface area contributed by atoms with Gasteiger partial charge in [-0.25, -0.2) is 9.59 Å². The van der Waals surface area contributed by atoms with Crippen molar-refractivity contribution in [3.8, 4) is 11.1 Å². The summed E-state index contributed by atoms with van der Waals surface area (Å²) in [6, 6.07) is 4.84. The predicted octanol–water partition coefficient (Wildman–Crippen LogP) is 4.87. The topological polar surface area (TPSA) is 92.7 Å². The van der Waals surface area contributed by atoms with Crippen LogP contribution in [0.15, 0.2) is 35.7 Å². The van der Waals surface area contributed by atoms with Gasteiger partial charge in [0, 0.05) is 38.7 Å². The summed E-state index contributed by atoms with van der Waals surface area (Å²) in [7, 11) is 0. The number of benzene rings is 1. The molecule has 1 aromatic carbocycles. The standard InChI is InChI=1S/C18H15Cl2NO5S/c1-9(2)26-18(25)16-12(11-4-3-10(19)7-13(11)20)8-27-17(16)21-14(22)5-6-15(23)24/h3-9H,1-2H3,(H,21,22)(H,23,24). The highest BCUT2D eigenvalue weighted by Gasteiger charge is 2.24. The largest absolute Gasteiger partial charge is 0.478 e. The molecule has 1 amide bonds. The fourth-order valence-electron chi connectivity index (χ4n) is 2.13. The smallest absolute Gasteiger partial charge is 0.342 e. The van der Waals surface area contributed by atoms with Crippen molar-refractivity contribution >= 4 is 57.4 Å². The quantitative estimate of drug-likeness (QED) is 0.506. The number of carboxylic acids is 1. The van der Waals surface area contributed by atoms with E-state index in [1.807, 2.05) is 0 Å². The maximum absolute atomic E-state index is 12.6. The Bertz CT molecular complexity index is 920. The van der Waals surface area contributed by atoms with Crippen molar-refractivity contribution in [3.63, 3.8) is 0 Å². The van der Waals surface area contributed by atoms with Crippen LogP contribution in [0.4, 0.5) is 5.00 Å². The summed E-state index contributed by atoms with van der Waals surface area (Å²) >= 11 is 13.3. The monoisotopic (exact) mass is 427 g/mol. The van der Waals surface area contributed by atoms with E-state index in [0.29, 0.717) is 27.2 Å². The Balaban J connectivity index is 2.48. The van der Waals surface area contributed by atoms with Gasteiger partial charge >= 0.3 is 11.9 Å². The molecule has 2 N–H and O–H groups in total. The lowest BCUT2D eigenvalue weighted by molar-refractivity contribution is -0.131. The number of hydrogen-bond donors (Lipinski definition) is 2. The third-order valence-electron chi connectivity index (χ3n) is 3.17. The molecule has 0 unspecified atom stereocenters. The van der Waals surface area contributed by atoms with E-state index in [1.165, 1.54) is 0 Å². The molecule has 0 bridgehead atoms. The lowest BCUT2D eigenvalue weighted by atomic mass is 10.0. The highest BCUT2D eigenvalue weighted by molar-refractivity contribution is 7.15. The summed E-state index contributed by atoms with van der Waals surface area (Å²) in [4.78, 5) is 35.1. The number of thiophene rings is 1. The first kappa shape index (κ1) is 21.0. The van der Waals surface area contributed by atoms with E-state index in [2.05, 4.69) is 5.32 Å². The van der Waals surface area contributed by atoms with Crippen LogP contribution >= 0.6 is 34.5 Å². The minimum absolute atomic E-state index is 0.134. The van der Waals surface area contributed by atoms with Crippen molar-refractivity contribution in [2.24, 2.45) is 0 Å². The van der Waals surface area contributed by atoms with E-state index in [9.17, 15) is 14.4 Å². The zero-order valence-electron chi connectivity index (χ0n) is 14.3. The number of carboxylic acid groups (broad SMARTS) is 1. The Labute approximate surface area is 169 Å². The zero-order chi connectivity index (χ0) is 20.1. The molecule has 0 spiro atoms. The van der Waals surface area contributed by atoms with Gasteiger partial charge in [0.2, 0.25) is 5.91 Å². The molecule has 0 aliphatic carbocycles. The highest BCUT2D eigenvalue weighted by Crippen LogP contribution is 2.40. The van der Waals surface area contributed by atoms with Gasteiger partial charge in [-0.1, -0.05) is 29.3 Å². The van der Waals surface area contributed by atoms with Crippen molar-refractivity contribution in [2.45, 2.75) is 20.0 Å². The summed E-state index contributed by atoms with van der Waals surface area (Å²) in [5.74, 6) is -2.58. The highest BCUT2D eigenvalue weighted by atomic mass is 35.5. The van der Waals surface area contributed by atoms with Crippen molar-refractivity contribution in [2.75, 3.05) is 5.32 Å². The van der Waals surface area contributed by atoms with Gasteiger partial charge < -0.3 is 15.2 Å². The van der Waals surface area contributed by atoms with Gasteiger partial charge in [0.05, 0.1) is 6.10 Å². The minimum atomic E-state index is -1.26. The lowest BCUT2D eigenvalue weighted by Gasteiger charge is -2.12. The van der Waals surface area contributed by atoms with Crippen LogP contribution in [0.1, 0.15) is 24.2 Å². The van der Waals surface area contributed by atoms with Gasteiger partial charge in [-0.05, 0) is 26.0 Å². The number of hydrogen-bond acceptors (Lipinski definition) is 5. The van der Waals surface area contributed by atoms with E-state index in [1.54, 1.807) is 37.4 Å². The lowest BCUT2D eigenvalue weighted by Crippen LogP contribution is -2.15. The third-order valence-corrected chi connectivity index (χ3v) is 4.62. The minimum Gasteiger partial charge on any atom is -0.478 e. The van der Waals surface area contributed by atoms with Crippen molar-refractivity contribution < 1.29 is 24.2 Å². The molecular formula is C18H15Cl2NO5S. The van der Waals surface area contributed by atoms with Crippen molar-refractivity contribution in [1.82, 2.24) is 0 Å². The summed E-state index contributed by atoms with van der Waals surface area (Å²) < 4.78 is 5.28. The van der Waals surface area contributed by atoms with Crippen LogP contribution in [-0.4, -0.2) is 29.1 Å². The van der Waals surface area contributed by atoms with Gasteiger partial charge in [0.1, 0.15) is 10.6 Å². The van der Waals surface area contributed by atoms with Crippen LogP contribution in [-0.2, 0) is 14.3 Å². The molecule has 9 heteroatoms. The van der Waals surface area contributed by atoms with E-state index in [4.69, 9.17) is 33.0 Å². The van der Waals surface area contributed by atoms with E-state index in [-0.39, 0.29) is 16.7 Å². The van der Waals surface area contributed by atoms with Gasteiger partial charge in [-0.3, -0.25) is 4.79 Å². The van der Waals surface area contributed by atoms with Gasteiger partial charge in [0.15, 0.2) is 0 Å². The molecule has 0 atom stereocenters. The Morgan fingerprint density at radius 2 is 1.89 bits per heavy atom. The van der Waals surface area contributed by atoms with Crippen LogP contribution in [0, 0.1) is 0 Å². The summed E-state index contributed by atoms with van der Waals surface area (Å²) in [5.41, 5.74) is 1.16. The number of aliphatic carboxylic acids is 1. The first-order valence-corrected chi connectivity index (χ1v) is 9.32. The second-order valence-electron chi connectivity index (χ2n) is 5.59. The van der Waals surface area contributed by atoms with E-state index >= 15 is 0 Å². The Kier molecular flexibility index (Phi) is 7.01. The van der Waals surface area contributed by atoms with Gasteiger partial charge in [0.25, 0.3) is 0 Å². The average molecular weight is 428 g/mol. The molecule has 1 aromatic heterocycles. The fourth-order valence-corrected chi connectivity index (χ4v) is 3.59. The molecule has 0 aliphatic rings. The maximum atomic E-state index is 12.6. The number of halogens is 2. The van der Waals surface area contributed by atoms with E-state index < -0.39 is 17.8 Å². The van der Waals surface area contributed by atoms with Crippen LogP contribution in [0.3, 0.4) is 0 Å². The second-order valence-corrected chi connectivity index (χ2v) is 7.32. The number of ether oxygens (including phenoxy) is 1. The number of anilines is 1. The Morgan fingerprint density at radius 3 is 2.48 bits per heavy atom. The average Bonchev–Trinajstić information content (AvgIpc) is 2.95. The first-order chi connectivity index (χ1) is 12.7. The second kappa shape index (κ2) is 9.03. The number of esters is 1. The van der Waals surface area contributed by atoms with Crippen LogP contribution in [0.5, 0.6) is 0 Å². The molecule has 2 aromatic rings. The van der Waals surface area contributed by atoms with Crippen LogP contribution in [0.2, 0.25) is 10.0 Å². The number of rotatable bonds is 6. The summed E-state index contributed by atoms with van der Waals surface area (Å²) in [5, 5.41) is 13.8. The number of amides is 1. The van der Waals surface area contributed by atoms with Crippen molar-refractivity contribution in [3.05, 3.63) is 51.3 Å². The van der Waals surface area contributed by atoms with Crippen LogP contribution < -0.4 is 5.32 Å². The van der Waals surface area contributed by atoms with E-state index in [0.717, 1.165) is 17.4 Å². The SMILES string of the molecule is CC(C)OC(=O)c1c(-c2ccc(Cl)cc2Cl)csc1NC(=O)C=CC(=O)O. The summed E-state index contributed by atoms with van der Waals surface area (Å²) in [6.07, 6.45) is 1.18. The molecule has 0 aliphatic heterocycles. The Morgan fingerprint density at radius 1 is 1.19 bits per heavy atom. The van der Waals surface area contributed by atoms with Gasteiger partial charge in [-0.15, -0.1) is 11.3 Å². The molecule has 6 nitrogen and oxygen atoms in total. The molecule has 0 saturated heterocycles. The Hall–Kier alpha value is -2.35. The first-order valence-electron chi connectivity index (χ1n) is 7.69. The number of carbonyl (C=O) groups excluding carboxylic acids is 2. The third kappa shape index (κ3) is 5.56. The zero-order valence-corrected chi connectivity index (χ0v) is 16.6. The molecule has 27 heavy (non-hydrogen) atoms. The number of carbonyl (C=O) groups is 3. The fraction of sp³-hybridized carbons (Fsp3) is 0.167. The normalized spacial score (nSPS) is 11.0. The molecule has 2 rings (SSSR count). The molecule has 0 radical (unpaired) electrons. The molecule has 1 heterocycles. The summed E-state index contributed by atoms with van der Waals surface area (Å²) in [6.45, 7) is 3.40. The van der Waals surface area contributed by atoms with Gasteiger partial charge in [-0.2, -0.15) is 0 Å². The van der Waals surface area contributed by atoms with Crippen LogP contribution in [0.25, 0.3) is 11.1 Å². The number of nitrogens with one attached hydrogen (secondary N) is 1. The molecule has 0 fully saturated rings. The molecular weight excluding hydrogens is 413 g/mol. The van der Waals surface area contributed by atoms with Crippen molar-refractivity contribution in [1.29, 1.82) is 0 Å².